The Hall–Kier alpha value is -3.56. The van der Waals surface area contributed by atoms with Gasteiger partial charge in [-0.25, -0.2) is 4.98 Å². The van der Waals surface area contributed by atoms with Crippen molar-refractivity contribution in [2.75, 3.05) is 0 Å². The van der Waals surface area contributed by atoms with Gasteiger partial charge in [-0.3, -0.25) is 4.40 Å². The summed E-state index contributed by atoms with van der Waals surface area (Å²) >= 11 is 0. The van der Waals surface area contributed by atoms with E-state index in [1.54, 1.807) is 0 Å². The van der Waals surface area contributed by atoms with E-state index in [4.69, 9.17) is 4.98 Å². The highest BCUT2D eigenvalue weighted by Crippen LogP contribution is 2.72. The maximum atomic E-state index is 5.03. The Morgan fingerprint density at radius 3 is 1.94 bits per heavy atom. The van der Waals surface area contributed by atoms with Crippen LogP contribution in [0, 0.1) is 0 Å². The van der Waals surface area contributed by atoms with Gasteiger partial charge in [0, 0.05) is 16.5 Å². The highest BCUT2D eigenvalue weighted by Gasteiger charge is 2.38. The third kappa shape index (κ3) is 2.16. The van der Waals surface area contributed by atoms with Gasteiger partial charge in [-0.15, -0.1) is 10.0 Å². The molecule has 0 fully saturated rings. The average molecular weight is 417 g/mol. The standard InChI is InChI=1S/C28H20N2S/c1-3-11-21(12-4-1)31(22-13-5-2-6-14-22)19-20-10-9-17-24-23-15-7-8-16-25(23)28-29-18-26(31)30(28)27(20)24/h1-18H,19H2. The average Bonchev–Trinajstić information content (AvgIpc) is 3.31. The molecule has 0 spiro atoms. The summed E-state index contributed by atoms with van der Waals surface area (Å²) in [6.45, 7) is 0. The normalized spacial score (nSPS) is 15.6. The summed E-state index contributed by atoms with van der Waals surface area (Å²) in [5, 5.41) is 5.14. The molecular weight excluding hydrogens is 396 g/mol. The van der Waals surface area contributed by atoms with Crippen LogP contribution < -0.4 is 0 Å². The van der Waals surface area contributed by atoms with Gasteiger partial charge in [0.1, 0.15) is 5.65 Å². The highest BCUT2D eigenvalue weighted by atomic mass is 32.3. The van der Waals surface area contributed by atoms with Gasteiger partial charge in [0.2, 0.25) is 0 Å². The van der Waals surface area contributed by atoms with Crippen molar-refractivity contribution in [2.24, 2.45) is 0 Å². The lowest BCUT2D eigenvalue weighted by atomic mass is 10.0. The van der Waals surface area contributed by atoms with E-state index in [1.165, 1.54) is 42.1 Å². The largest absolute Gasteiger partial charge is 0.287 e. The van der Waals surface area contributed by atoms with Gasteiger partial charge in [-0.05, 0) is 45.0 Å². The first-order valence-electron chi connectivity index (χ1n) is 10.6. The Labute approximate surface area is 182 Å². The van der Waals surface area contributed by atoms with E-state index >= 15 is 0 Å². The summed E-state index contributed by atoms with van der Waals surface area (Å²) in [4.78, 5) is 7.81. The Bertz CT molecular complexity index is 1560. The van der Waals surface area contributed by atoms with Crippen molar-refractivity contribution in [3.05, 3.63) is 115 Å². The van der Waals surface area contributed by atoms with Gasteiger partial charge in [0.25, 0.3) is 0 Å². The lowest BCUT2D eigenvalue weighted by Gasteiger charge is -2.43. The number of benzene rings is 4. The molecule has 0 saturated carbocycles. The number of hydrogen-bond donors (Lipinski definition) is 0. The fourth-order valence-electron chi connectivity index (χ4n) is 5.25. The highest BCUT2D eigenvalue weighted by molar-refractivity contribution is 8.33. The van der Waals surface area contributed by atoms with Crippen molar-refractivity contribution in [3.63, 3.8) is 0 Å². The molecule has 1 aliphatic heterocycles. The van der Waals surface area contributed by atoms with E-state index in [1.807, 2.05) is 0 Å². The van der Waals surface area contributed by atoms with Crippen molar-refractivity contribution in [1.29, 1.82) is 0 Å². The summed E-state index contributed by atoms with van der Waals surface area (Å²) in [5.41, 5.74) is 3.79. The maximum Gasteiger partial charge on any atom is 0.146 e. The Kier molecular flexibility index (Phi) is 3.44. The molecule has 0 radical (unpaired) electrons. The van der Waals surface area contributed by atoms with Gasteiger partial charge >= 0.3 is 0 Å². The molecule has 3 heterocycles. The SMILES string of the molecule is c1ccc(S2(c3ccccc3)Cc3cccc4c5ccccc5c5ncc2n5c34)cc1. The zero-order valence-electron chi connectivity index (χ0n) is 16.9. The lowest BCUT2D eigenvalue weighted by molar-refractivity contribution is 1.03. The molecule has 0 aliphatic carbocycles. The molecule has 4 aromatic carbocycles. The molecule has 2 aromatic heterocycles. The number of rotatable bonds is 2. The smallest absolute Gasteiger partial charge is 0.146 e. The van der Waals surface area contributed by atoms with Crippen LogP contribution in [0.4, 0.5) is 0 Å². The Morgan fingerprint density at radius 2 is 1.23 bits per heavy atom. The van der Waals surface area contributed by atoms with Crippen LogP contribution in [0.2, 0.25) is 0 Å². The quantitative estimate of drug-likeness (QED) is 0.268. The number of pyridine rings is 1. The maximum absolute atomic E-state index is 5.03. The third-order valence-corrected chi connectivity index (χ3v) is 10.5. The fourth-order valence-corrected chi connectivity index (χ4v) is 9.15. The van der Waals surface area contributed by atoms with Crippen LogP contribution in [0.25, 0.3) is 27.3 Å². The van der Waals surface area contributed by atoms with E-state index in [0.29, 0.717) is 0 Å². The molecule has 0 N–H and O–H groups in total. The summed E-state index contributed by atoms with van der Waals surface area (Å²) < 4.78 is 2.46. The monoisotopic (exact) mass is 416 g/mol. The number of para-hydroxylation sites is 1. The molecule has 0 bridgehead atoms. The van der Waals surface area contributed by atoms with Gasteiger partial charge in [-0.2, -0.15) is 0 Å². The second-order valence-electron chi connectivity index (χ2n) is 8.12. The minimum absolute atomic E-state index is 0.998. The van der Waals surface area contributed by atoms with Gasteiger partial charge in [0.05, 0.1) is 16.7 Å². The second-order valence-corrected chi connectivity index (χ2v) is 11.3. The van der Waals surface area contributed by atoms with Crippen LogP contribution in [-0.2, 0) is 5.75 Å². The van der Waals surface area contributed by atoms with Crippen LogP contribution in [0.1, 0.15) is 5.56 Å². The molecule has 1 aliphatic rings. The first-order chi connectivity index (χ1) is 15.4. The van der Waals surface area contributed by atoms with E-state index in [2.05, 4.69) is 114 Å². The van der Waals surface area contributed by atoms with Crippen molar-refractivity contribution in [3.8, 4) is 0 Å². The van der Waals surface area contributed by atoms with E-state index < -0.39 is 10.0 Å². The van der Waals surface area contributed by atoms with Crippen LogP contribution in [0.15, 0.2) is 124 Å². The molecule has 0 atom stereocenters. The lowest BCUT2D eigenvalue weighted by Crippen LogP contribution is -2.15. The molecule has 6 aromatic rings. The topological polar surface area (TPSA) is 17.3 Å². The van der Waals surface area contributed by atoms with Gasteiger partial charge in [-0.1, -0.05) is 78.9 Å². The molecule has 3 heteroatoms. The van der Waals surface area contributed by atoms with Crippen molar-refractivity contribution >= 4 is 37.4 Å². The van der Waals surface area contributed by atoms with E-state index in [9.17, 15) is 0 Å². The molecule has 0 amide bonds. The number of imidazole rings is 1. The summed E-state index contributed by atoms with van der Waals surface area (Å²) in [5.74, 6) is 0.998. The summed E-state index contributed by atoms with van der Waals surface area (Å²) in [6, 6.07) is 37.6. The minimum Gasteiger partial charge on any atom is -0.287 e. The molecule has 0 unspecified atom stereocenters. The first kappa shape index (κ1) is 17.2. The predicted molar refractivity (Wildman–Crippen MR) is 129 cm³/mol. The zero-order chi connectivity index (χ0) is 20.4. The molecular formula is C28H20N2S. The molecule has 2 nitrogen and oxygen atoms in total. The van der Waals surface area contributed by atoms with Crippen molar-refractivity contribution in [1.82, 2.24) is 9.38 Å². The Balaban J connectivity index is 1.73. The van der Waals surface area contributed by atoms with Crippen LogP contribution in [-0.4, -0.2) is 9.38 Å². The Morgan fingerprint density at radius 1 is 0.613 bits per heavy atom. The second kappa shape index (κ2) is 6.22. The first-order valence-corrected chi connectivity index (χ1v) is 12.4. The predicted octanol–water partition coefficient (Wildman–Crippen LogP) is 7.44. The molecule has 0 saturated heterocycles. The van der Waals surface area contributed by atoms with E-state index in [-0.39, 0.29) is 0 Å². The number of aromatic nitrogens is 2. The molecule has 148 valence electrons. The van der Waals surface area contributed by atoms with Gasteiger partial charge < -0.3 is 0 Å². The summed E-state index contributed by atoms with van der Waals surface area (Å²) in [6.07, 6.45) is 2.15. The van der Waals surface area contributed by atoms with E-state index in [0.717, 1.165) is 11.4 Å². The minimum atomic E-state index is -1.49. The molecule has 31 heavy (non-hydrogen) atoms. The summed E-state index contributed by atoms with van der Waals surface area (Å²) in [7, 11) is -1.49. The number of hydrogen-bond acceptors (Lipinski definition) is 1. The van der Waals surface area contributed by atoms with Crippen LogP contribution >= 0.6 is 10.0 Å². The molecule has 7 rings (SSSR count). The van der Waals surface area contributed by atoms with Crippen LogP contribution in [0.3, 0.4) is 0 Å². The number of nitrogens with zero attached hydrogens (tertiary/aromatic N) is 2. The third-order valence-electron chi connectivity index (χ3n) is 6.55. The van der Waals surface area contributed by atoms with Gasteiger partial charge in [0.15, 0.2) is 0 Å². The zero-order valence-corrected chi connectivity index (χ0v) is 17.7. The van der Waals surface area contributed by atoms with Crippen molar-refractivity contribution in [2.45, 2.75) is 20.6 Å². The van der Waals surface area contributed by atoms with Crippen LogP contribution in [0.5, 0.6) is 0 Å². The van der Waals surface area contributed by atoms with Crippen molar-refractivity contribution < 1.29 is 0 Å². The fraction of sp³-hybridized carbons (Fsp3) is 0.0357. The number of fused-ring (bicyclic) bond motifs is 3.